The third-order valence-corrected chi connectivity index (χ3v) is 6.17. The van der Waals surface area contributed by atoms with Gasteiger partial charge in [0.25, 0.3) is 0 Å². The van der Waals surface area contributed by atoms with E-state index in [4.69, 9.17) is 0 Å². The van der Waals surface area contributed by atoms with Gasteiger partial charge < -0.3 is 10.2 Å². The van der Waals surface area contributed by atoms with E-state index in [1.165, 1.54) is 5.56 Å². The molecule has 0 aromatic heterocycles. The number of amides is 1. The van der Waals surface area contributed by atoms with Crippen LogP contribution in [0.15, 0.2) is 24.3 Å². The van der Waals surface area contributed by atoms with E-state index in [1.54, 1.807) is 0 Å². The molecule has 0 spiro atoms. The summed E-state index contributed by atoms with van der Waals surface area (Å²) in [6, 6.07) is 8.09. The third kappa shape index (κ3) is 3.05. The Morgan fingerprint density at radius 1 is 1.38 bits per heavy atom. The van der Waals surface area contributed by atoms with Crippen LogP contribution in [0.1, 0.15) is 18.9 Å². The highest BCUT2D eigenvalue weighted by Crippen LogP contribution is 2.27. The molecule has 2 aliphatic heterocycles. The van der Waals surface area contributed by atoms with E-state index in [1.807, 2.05) is 25.1 Å². The van der Waals surface area contributed by atoms with Crippen LogP contribution < -0.4 is 10.2 Å². The Balaban J connectivity index is 1.63. The smallest absolute Gasteiger partial charge is 0.239 e. The lowest BCUT2D eigenvalue weighted by molar-refractivity contribution is -0.121. The van der Waals surface area contributed by atoms with Gasteiger partial charge in [-0.15, -0.1) is 0 Å². The lowest BCUT2D eigenvalue weighted by Crippen LogP contribution is -2.50. The molecule has 1 aromatic carbocycles. The Labute approximate surface area is 125 Å². The molecule has 1 N–H and O–H groups in total. The number of nitrogens with zero attached hydrogens (tertiary/aromatic N) is 1. The van der Waals surface area contributed by atoms with Crippen molar-refractivity contribution in [2.24, 2.45) is 0 Å². The Hall–Kier alpha value is -1.56. The summed E-state index contributed by atoms with van der Waals surface area (Å²) < 4.78 is 23.1. The van der Waals surface area contributed by atoms with E-state index in [0.717, 1.165) is 18.7 Å². The van der Waals surface area contributed by atoms with Crippen molar-refractivity contribution in [3.63, 3.8) is 0 Å². The average molecular weight is 308 g/mol. The Morgan fingerprint density at radius 2 is 2.14 bits per heavy atom. The van der Waals surface area contributed by atoms with E-state index < -0.39 is 15.4 Å². The second kappa shape index (κ2) is 5.02. The fraction of sp³-hybridized carbons (Fsp3) is 0.533. The van der Waals surface area contributed by atoms with Crippen molar-refractivity contribution in [3.05, 3.63) is 29.8 Å². The Morgan fingerprint density at radius 3 is 2.86 bits per heavy atom. The van der Waals surface area contributed by atoms with Gasteiger partial charge in [-0.05, 0) is 31.4 Å². The molecule has 2 aliphatic rings. The number of hydrogen-bond donors (Lipinski definition) is 1. The van der Waals surface area contributed by atoms with Gasteiger partial charge in [-0.3, -0.25) is 4.79 Å². The van der Waals surface area contributed by atoms with Gasteiger partial charge in [-0.2, -0.15) is 0 Å². The third-order valence-electron chi connectivity index (χ3n) is 4.26. The lowest BCUT2D eigenvalue weighted by Gasteiger charge is -2.26. The van der Waals surface area contributed by atoms with Crippen LogP contribution in [0.4, 0.5) is 5.69 Å². The zero-order valence-corrected chi connectivity index (χ0v) is 12.9. The minimum Gasteiger partial charge on any atom is -0.362 e. The highest BCUT2D eigenvalue weighted by atomic mass is 32.2. The number of carbonyl (C=O) groups is 1. The quantitative estimate of drug-likeness (QED) is 0.894. The summed E-state index contributed by atoms with van der Waals surface area (Å²) in [6.45, 7) is 2.93. The van der Waals surface area contributed by atoms with Crippen molar-refractivity contribution >= 4 is 21.4 Å². The van der Waals surface area contributed by atoms with E-state index in [-0.39, 0.29) is 24.0 Å². The Bertz CT molecular complexity index is 671. The summed E-state index contributed by atoms with van der Waals surface area (Å²) in [4.78, 5) is 14.3. The molecule has 0 bridgehead atoms. The first-order valence-corrected chi connectivity index (χ1v) is 9.03. The molecular formula is C15H20N2O3S. The summed E-state index contributed by atoms with van der Waals surface area (Å²) in [5, 5.41) is 2.91. The SMILES string of the molecule is CC1(NC(=O)CN2CCc3ccccc32)CCS(=O)(=O)C1. The van der Waals surface area contributed by atoms with Gasteiger partial charge in [0.2, 0.25) is 5.91 Å². The average Bonchev–Trinajstić information content (AvgIpc) is 2.91. The molecule has 1 aromatic rings. The van der Waals surface area contributed by atoms with Crippen molar-refractivity contribution in [1.82, 2.24) is 5.32 Å². The molecule has 1 amide bonds. The maximum absolute atomic E-state index is 12.2. The summed E-state index contributed by atoms with van der Waals surface area (Å²) in [6.07, 6.45) is 1.45. The number of rotatable bonds is 3. The molecule has 114 valence electrons. The first-order chi connectivity index (χ1) is 9.87. The molecule has 6 heteroatoms. The second-order valence-electron chi connectivity index (χ2n) is 6.25. The number of anilines is 1. The fourth-order valence-corrected chi connectivity index (χ4v) is 5.32. The van der Waals surface area contributed by atoms with Crippen LogP contribution in [0.5, 0.6) is 0 Å². The summed E-state index contributed by atoms with van der Waals surface area (Å²) in [5.74, 6) is 0.102. The van der Waals surface area contributed by atoms with E-state index >= 15 is 0 Å². The molecule has 3 rings (SSSR count). The number of hydrogen-bond acceptors (Lipinski definition) is 4. The number of nitrogens with one attached hydrogen (secondary N) is 1. The molecule has 0 radical (unpaired) electrons. The standard InChI is InChI=1S/C15H20N2O3S/c1-15(7-9-21(19,20)11-15)16-14(18)10-17-8-6-12-4-2-3-5-13(12)17/h2-5H,6-11H2,1H3,(H,16,18). The van der Waals surface area contributed by atoms with Crippen LogP contribution in [0, 0.1) is 0 Å². The first-order valence-electron chi connectivity index (χ1n) is 7.21. The summed E-state index contributed by atoms with van der Waals surface area (Å²) in [5.41, 5.74) is 1.76. The van der Waals surface area contributed by atoms with E-state index in [2.05, 4.69) is 16.3 Å². The molecular weight excluding hydrogens is 288 g/mol. The van der Waals surface area contributed by atoms with Crippen molar-refractivity contribution in [3.8, 4) is 0 Å². The molecule has 21 heavy (non-hydrogen) atoms. The van der Waals surface area contributed by atoms with Gasteiger partial charge in [-0.1, -0.05) is 18.2 Å². The van der Waals surface area contributed by atoms with Crippen LogP contribution in [0.2, 0.25) is 0 Å². The molecule has 0 saturated carbocycles. The van der Waals surface area contributed by atoms with Crippen molar-refractivity contribution < 1.29 is 13.2 Å². The topological polar surface area (TPSA) is 66.5 Å². The van der Waals surface area contributed by atoms with E-state index in [0.29, 0.717) is 6.42 Å². The van der Waals surface area contributed by atoms with Gasteiger partial charge in [0.15, 0.2) is 9.84 Å². The van der Waals surface area contributed by atoms with Crippen LogP contribution >= 0.6 is 0 Å². The van der Waals surface area contributed by atoms with Gasteiger partial charge in [-0.25, -0.2) is 8.42 Å². The van der Waals surface area contributed by atoms with Crippen LogP contribution in [0.25, 0.3) is 0 Å². The zero-order valence-electron chi connectivity index (χ0n) is 12.1. The van der Waals surface area contributed by atoms with Crippen LogP contribution in [-0.2, 0) is 21.1 Å². The number of carbonyl (C=O) groups excluding carboxylic acids is 1. The highest BCUT2D eigenvalue weighted by Gasteiger charge is 2.39. The molecule has 2 heterocycles. The molecule has 1 saturated heterocycles. The number of fused-ring (bicyclic) bond motifs is 1. The monoisotopic (exact) mass is 308 g/mol. The summed E-state index contributed by atoms with van der Waals surface area (Å²) >= 11 is 0. The fourth-order valence-electron chi connectivity index (χ4n) is 3.23. The van der Waals surface area contributed by atoms with Crippen molar-refractivity contribution in [2.75, 3.05) is 29.5 Å². The van der Waals surface area contributed by atoms with Gasteiger partial charge in [0.1, 0.15) is 0 Å². The maximum atomic E-state index is 12.2. The van der Waals surface area contributed by atoms with Crippen molar-refractivity contribution in [1.29, 1.82) is 0 Å². The molecule has 1 fully saturated rings. The van der Waals surface area contributed by atoms with Crippen LogP contribution in [0.3, 0.4) is 0 Å². The normalized spacial score (nSPS) is 26.6. The minimum atomic E-state index is -3.00. The lowest BCUT2D eigenvalue weighted by atomic mass is 10.0. The first kappa shape index (κ1) is 14.4. The number of sulfone groups is 1. The predicted octanol–water partition coefficient (Wildman–Crippen LogP) is 0.742. The van der Waals surface area contributed by atoms with Crippen LogP contribution in [-0.4, -0.2) is 44.5 Å². The number of benzene rings is 1. The highest BCUT2D eigenvalue weighted by molar-refractivity contribution is 7.91. The molecule has 5 nitrogen and oxygen atoms in total. The zero-order chi connectivity index (χ0) is 15.1. The molecule has 1 atom stereocenters. The van der Waals surface area contributed by atoms with Gasteiger partial charge in [0.05, 0.1) is 23.6 Å². The van der Waals surface area contributed by atoms with E-state index in [9.17, 15) is 13.2 Å². The molecule has 1 unspecified atom stereocenters. The van der Waals surface area contributed by atoms with Crippen molar-refractivity contribution in [2.45, 2.75) is 25.3 Å². The van der Waals surface area contributed by atoms with Gasteiger partial charge >= 0.3 is 0 Å². The minimum absolute atomic E-state index is 0.0440. The van der Waals surface area contributed by atoms with Gasteiger partial charge in [0, 0.05) is 12.2 Å². The Kier molecular flexibility index (Phi) is 3.43. The summed E-state index contributed by atoms with van der Waals surface area (Å²) in [7, 11) is -3.00. The largest absolute Gasteiger partial charge is 0.362 e. The maximum Gasteiger partial charge on any atom is 0.239 e. The second-order valence-corrected chi connectivity index (χ2v) is 8.44. The number of para-hydroxylation sites is 1. The predicted molar refractivity (Wildman–Crippen MR) is 82.2 cm³/mol. The molecule has 0 aliphatic carbocycles.